The molecule has 0 aromatic heterocycles. The van der Waals surface area contributed by atoms with Gasteiger partial charge >= 0.3 is 0 Å². The molecule has 0 aliphatic heterocycles. The molecule has 3 nitrogen and oxygen atoms in total. The van der Waals surface area contributed by atoms with Crippen LogP contribution < -0.4 is 5.32 Å². The minimum atomic E-state index is -0.0812. The van der Waals surface area contributed by atoms with Gasteiger partial charge in [-0.05, 0) is 30.2 Å². The van der Waals surface area contributed by atoms with Crippen LogP contribution in [0.5, 0.6) is 0 Å². The quantitative estimate of drug-likeness (QED) is 0.894. The lowest BCUT2D eigenvalue weighted by molar-refractivity contribution is -0.126. The van der Waals surface area contributed by atoms with Crippen molar-refractivity contribution in [2.24, 2.45) is 0 Å². The predicted octanol–water partition coefficient (Wildman–Crippen LogP) is 3.05. The number of amides is 1. The van der Waals surface area contributed by atoms with E-state index in [9.17, 15) is 4.79 Å². The van der Waals surface area contributed by atoms with Gasteiger partial charge in [0.25, 0.3) is 0 Å². The van der Waals surface area contributed by atoms with E-state index in [-0.39, 0.29) is 18.6 Å². The number of ether oxygens (including phenoxy) is 1. The van der Waals surface area contributed by atoms with Crippen LogP contribution >= 0.6 is 0 Å². The van der Waals surface area contributed by atoms with Crippen molar-refractivity contribution in [3.05, 3.63) is 48.0 Å². The maximum absolute atomic E-state index is 11.7. The van der Waals surface area contributed by atoms with Crippen molar-refractivity contribution in [1.29, 1.82) is 0 Å². The van der Waals surface area contributed by atoms with Crippen molar-refractivity contribution in [2.75, 3.05) is 13.2 Å². The number of hydrogen-bond donors (Lipinski definition) is 1. The number of carbonyl (C=O) groups is 1. The topological polar surface area (TPSA) is 38.3 Å². The Morgan fingerprint density at radius 3 is 2.74 bits per heavy atom. The van der Waals surface area contributed by atoms with Gasteiger partial charge in [-0.1, -0.05) is 42.5 Å². The van der Waals surface area contributed by atoms with Gasteiger partial charge in [-0.15, -0.1) is 0 Å². The molecule has 3 heteroatoms. The lowest BCUT2D eigenvalue weighted by atomic mass is 10.00. The summed E-state index contributed by atoms with van der Waals surface area (Å²) in [5.74, 6) is -0.0812. The number of nitrogens with one attached hydrogen (secondary N) is 1. The summed E-state index contributed by atoms with van der Waals surface area (Å²) in [7, 11) is 0. The van der Waals surface area contributed by atoms with Crippen LogP contribution in [0.15, 0.2) is 42.5 Å². The molecule has 0 bridgehead atoms. The number of fused-ring (bicyclic) bond motifs is 1. The van der Waals surface area contributed by atoms with Gasteiger partial charge in [0.1, 0.15) is 6.61 Å². The Morgan fingerprint density at radius 2 is 1.95 bits per heavy atom. The van der Waals surface area contributed by atoms with Crippen LogP contribution in [0.4, 0.5) is 0 Å². The van der Waals surface area contributed by atoms with E-state index in [4.69, 9.17) is 4.74 Å². The Balaban J connectivity index is 2.17. The van der Waals surface area contributed by atoms with Crippen molar-refractivity contribution < 1.29 is 9.53 Å². The molecule has 0 fully saturated rings. The van der Waals surface area contributed by atoms with Gasteiger partial charge in [-0.3, -0.25) is 4.79 Å². The molecule has 0 radical (unpaired) electrons. The zero-order valence-corrected chi connectivity index (χ0v) is 11.3. The van der Waals surface area contributed by atoms with Crippen LogP contribution in [0, 0.1) is 0 Å². The second kappa shape index (κ2) is 6.34. The first kappa shape index (κ1) is 13.6. The fourth-order valence-electron chi connectivity index (χ4n) is 2.18. The lowest BCUT2D eigenvalue weighted by Crippen LogP contribution is -2.30. The number of carbonyl (C=O) groups excluding carboxylic acids is 1. The smallest absolute Gasteiger partial charge is 0.246 e. The van der Waals surface area contributed by atoms with E-state index in [2.05, 4.69) is 23.5 Å². The van der Waals surface area contributed by atoms with Crippen molar-refractivity contribution in [1.82, 2.24) is 5.32 Å². The van der Waals surface area contributed by atoms with Crippen LogP contribution in [-0.4, -0.2) is 19.1 Å². The van der Waals surface area contributed by atoms with E-state index >= 15 is 0 Å². The summed E-state index contributed by atoms with van der Waals surface area (Å²) in [5.41, 5.74) is 1.13. The Kier molecular flexibility index (Phi) is 4.53. The predicted molar refractivity (Wildman–Crippen MR) is 77.0 cm³/mol. The van der Waals surface area contributed by atoms with E-state index in [1.54, 1.807) is 0 Å². The van der Waals surface area contributed by atoms with Crippen LogP contribution in [0.25, 0.3) is 10.8 Å². The van der Waals surface area contributed by atoms with Crippen LogP contribution in [0.2, 0.25) is 0 Å². The molecular weight excluding hydrogens is 238 g/mol. The summed E-state index contributed by atoms with van der Waals surface area (Å²) < 4.78 is 5.11. The minimum absolute atomic E-state index is 0.0287. The van der Waals surface area contributed by atoms with Gasteiger partial charge in [-0.25, -0.2) is 0 Å². The molecule has 19 heavy (non-hydrogen) atoms. The van der Waals surface area contributed by atoms with Crippen molar-refractivity contribution in [3.8, 4) is 0 Å². The number of hydrogen-bond acceptors (Lipinski definition) is 2. The average Bonchev–Trinajstić information content (AvgIpc) is 2.44. The summed E-state index contributed by atoms with van der Waals surface area (Å²) in [5, 5.41) is 5.32. The molecule has 0 aliphatic carbocycles. The molecule has 2 aromatic rings. The number of rotatable bonds is 5. The van der Waals surface area contributed by atoms with Gasteiger partial charge < -0.3 is 10.1 Å². The molecule has 2 rings (SSSR count). The fourth-order valence-corrected chi connectivity index (χ4v) is 2.18. The highest BCUT2D eigenvalue weighted by molar-refractivity contribution is 5.87. The Labute approximate surface area is 113 Å². The van der Waals surface area contributed by atoms with Crippen LogP contribution in [0.1, 0.15) is 25.5 Å². The molecule has 1 amide bonds. The molecule has 0 heterocycles. The van der Waals surface area contributed by atoms with Crippen LogP contribution in [-0.2, 0) is 9.53 Å². The molecule has 1 atom stereocenters. The number of benzene rings is 2. The molecular formula is C16H19NO2. The molecule has 2 aromatic carbocycles. The zero-order chi connectivity index (χ0) is 13.7. The molecule has 0 saturated carbocycles. The van der Waals surface area contributed by atoms with Gasteiger partial charge in [0.2, 0.25) is 5.91 Å². The molecule has 0 spiro atoms. The molecule has 1 N–H and O–H groups in total. The van der Waals surface area contributed by atoms with E-state index in [0.717, 1.165) is 5.56 Å². The first-order chi connectivity index (χ1) is 9.22. The molecule has 1 unspecified atom stereocenters. The average molecular weight is 257 g/mol. The maximum Gasteiger partial charge on any atom is 0.246 e. The highest BCUT2D eigenvalue weighted by atomic mass is 16.5. The minimum Gasteiger partial charge on any atom is -0.372 e. The molecule has 0 aliphatic rings. The zero-order valence-electron chi connectivity index (χ0n) is 11.3. The van der Waals surface area contributed by atoms with Gasteiger partial charge in [0.05, 0.1) is 6.04 Å². The van der Waals surface area contributed by atoms with E-state index in [1.165, 1.54) is 10.8 Å². The first-order valence-electron chi connectivity index (χ1n) is 6.57. The lowest BCUT2D eigenvalue weighted by Gasteiger charge is -2.16. The Bertz CT molecular complexity index is 560. The van der Waals surface area contributed by atoms with E-state index in [1.807, 2.05) is 38.1 Å². The van der Waals surface area contributed by atoms with Gasteiger partial charge in [0, 0.05) is 6.61 Å². The van der Waals surface area contributed by atoms with Crippen molar-refractivity contribution in [3.63, 3.8) is 0 Å². The van der Waals surface area contributed by atoms with Crippen LogP contribution in [0.3, 0.4) is 0 Å². The third-order valence-electron chi connectivity index (χ3n) is 3.10. The SMILES string of the molecule is CCOCC(=O)NC(C)c1cccc2ccccc12. The highest BCUT2D eigenvalue weighted by Crippen LogP contribution is 2.23. The van der Waals surface area contributed by atoms with Gasteiger partial charge in [-0.2, -0.15) is 0 Å². The second-order valence-electron chi connectivity index (χ2n) is 4.49. The second-order valence-corrected chi connectivity index (χ2v) is 4.49. The van der Waals surface area contributed by atoms with Gasteiger partial charge in [0.15, 0.2) is 0 Å². The van der Waals surface area contributed by atoms with Crippen molar-refractivity contribution >= 4 is 16.7 Å². The first-order valence-corrected chi connectivity index (χ1v) is 6.57. The summed E-state index contributed by atoms with van der Waals surface area (Å²) in [6.45, 7) is 4.54. The summed E-state index contributed by atoms with van der Waals surface area (Å²) in [4.78, 5) is 11.7. The summed E-state index contributed by atoms with van der Waals surface area (Å²) in [6.07, 6.45) is 0. The Hall–Kier alpha value is -1.87. The molecule has 0 saturated heterocycles. The summed E-state index contributed by atoms with van der Waals surface area (Å²) in [6, 6.07) is 14.3. The van der Waals surface area contributed by atoms with Crippen molar-refractivity contribution in [2.45, 2.75) is 19.9 Å². The largest absolute Gasteiger partial charge is 0.372 e. The third-order valence-corrected chi connectivity index (χ3v) is 3.10. The van der Waals surface area contributed by atoms with E-state index < -0.39 is 0 Å². The highest BCUT2D eigenvalue weighted by Gasteiger charge is 2.11. The summed E-state index contributed by atoms with van der Waals surface area (Å²) >= 11 is 0. The fraction of sp³-hybridized carbons (Fsp3) is 0.312. The standard InChI is InChI=1S/C16H19NO2/c1-3-19-11-16(18)17-12(2)14-10-6-8-13-7-4-5-9-15(13)14/h4-10,12H,3,11H2,1-2H3,(H,17,18). The normalized spacial score (nSPS) is 12.3. The monoisotopic (exact) mass is 257 g/mol. The Morgan fingerprint density at radius 1 is 1.21 bits per heavy atom. The third kappa shape index (κ3) is 3.32. The molecule has 100 valence electrons. The van der Waals surface area contributed by atoms with E-state index in [0.29, 0.717) is 6.61 Å². The maximum atomic E-state index is 11.7.